The fourth-order valence-electron chi connectivity index (χ4n) is 1.32. The molecule has 0 unspecified atom stereocenters. The van der Waals surface area contributed by atoms with Crippen molar-refractivity contribution in [3.8, 4) is 0 Å². The quantitative estimate of drug-likeness (QED) is 0.634. The second kappa shape index (κ2) is 5.70. The molecule has 0 bridgehead atoms. The molecule has 0 fully saturated rings. The molecule has 1 rings (SSSR count). The highest BCUT2D eigenvalue weighted by Crippen LogP contribution is 2.21. The van der Waals surface area contributed by atoms with Crippen molar-refractivity contribution in [2.24, 2.45) is 0 Å². The zero-order valence-corrected chi connectivity index (χ0v) is 9.22. The Morgan fingerprint density at radius 2 is 2.00 bits per heavy atom. The molecule has 0 amide bonds. The first-order valence-corrected chi connectivity index (χ1v) is 5.13. The van der Waals surface area contributed by atoms with Crippen molar-refractivity contribution in [3.05, 3.63) is 29.6 Å². The number of carbonyl (C=O) groups is 1. The molecular weight excluding hydrogens is 254 g/mol. The summed E-state index contributed by atoms with van der Waals surface area (Å²) in [5.74, 6) is -2.32. The van der Waals surface area contributed by atoms with E-state index in [0.29, 0.717) is 0 Å². The number of carboxylic acids is 1. The number of benzene rings is 1. The number of rotatable bonds is 5. The molecule has 7 heteroatoms. The highest BCUT2D eigenvalue weighted by molar-refractivity contribution is 5.88. The third kappa shape index (κ3) is 4.60. The minimum absolute atomic E-state index is 0.0331. The molecule has 0 aliphatic rings. The van der Waals surface area contributed by atoms with Gasteiger partial charge < -0.3 is 10.4 Å². The lowest BCUT2D eigenvalue weighted by molar-refractivity contribution is -0.134. The summed E-state index contributed by atoms with van der Waals surface area (Å²) in [5.41, 5.74) is -0.226. The number of nitrogens with one attached hydrogen (secondary N) is 1. The summed E-state index contributed by atoms with van der Waals surface area (Å²) in [4.78, 5) is 10.5. The predicted octanol–water partition coefficient (Wildman–Crippen LogP) is 3.28. The van der Waals surface area contributed by atoms with E-state index in [9.17, 15) is 22.4 Å². The van der Waals surface area contributed by atoms with Crippen LogP contribution in [0.4, 0.5) is 23.2 Å². The number of carboxylic acid groups (broad SMARTS) is 1. The van der Waals surface area contributed by atoms with Crippen LogP contribution in [0.3, 0.4) is 0 Å². The van der Waals surface area contributed by atoms with E-state index in [-0.39, 0.29) is 18.7 Å². The van der Waals surface area contributed by atoms with Crippen LogP contribution in [0.15, 0.2) is 18.2 Å². The molecule has 3 nitrogen and oxygen atoms in total. The van der Waals surface area contributed by atoms with Gasteiger partial charge in [0.15, 0.2) is 0 Å². The minimum Gasteiger partial charge on any atom is -0.478 e. The van der Waals surface area contributed by atoms with Crippen LogP contribution in [-0.2, 0) is 0 Å². The van der Waals surface area contributed by atoms with Gasteiger partial charge in [-0.05, 0) is 24.6 Å². The summed E-state index contributed by atoms with van der Waals surface area (Å²) in [6, 6.07) is 3.31. The van der Waals surface area contributed by atoms with Crippen LogP contribution in [0, 0.1) is 5.82 Å². The normalized spacial score (nSPS) is 11.3. The Balaban J connectivity index is 2.49. The Labute approximate surface area is 100 Å². The average Bonchev–Trinajstić information content (AvgIpc) is 2.22. The van der Waals surface area contributed by atoms with Gasteiger partial charge in [0.2, 0.25) is 0 Å². The van der Waals surface area contributed by atoms with E-state index >= 15 is 0 Å². The molecule has 1 aromatic carbocycles. The van der Waals surface area contributed by atoms with Crippen molar-refractivity contribution in [2.45, 2.75) is 19.0 Å². The van der Waals surface area contributed by atoms with Crippen molar-refractivity contribution in [2.75, 3.05) is 11.9 Å². The molecule has 1 aromatic rings. The third-order valence-corrected chi connectivity index (χ3v) is 2.17. The molecule has 0 heterocycles. The second-order valence-corrected chi connectivity index (χ2v) is 3.65. The van der Waals surface area contributed by atoms with E-state index < -0.39 is 29.9 Å². The second-order valence-electron chi connectivity index (χ2n) is 3.65. The molecule has 0 atom stereocenters. The Kier molecular flexibility index (Phi) is 4.52. The van der Waals surface area contributed by atoms with Crippen LogP contribution in [-0.4, -0.2) is 23.8 Å². The van der Waals surface area contributed by atoms with Crippen molar-refractivity contribution in [1.29, 1.82) is 0 Å². The smallest absolute Gasteiger partial charge is 0.389 e. The number of hydrogen-bond acceptors (Lipinski definition) is 2. The van der Waals surface area contributed by atoms with E-state index in [2.05, 4.69) is 5.32 Å². The van der Waals surface area contributed by atoms with Crippen LogP contribution in [0.2, 0.25) is 0 Å². The summed E-state index contributed by atoms with van der Waals surface area (Å²) in [6.45, 7) is 0.0331. The highest BCUT2D eigenvalue weighted by atomic mass is 19.4. The molecular formula is C11H11F4NO2. The van der Waals surface area contributed by atoms with Crippen LogP contribution >= 0.6 is 0 Å². The zero-order valence-electron chi connectivity index (χ0n) is 9.22. The summed E-state index contributed by atoms with van der Waals surface area (Å²) >= 11 is 0. The molecule has 0 aliphatic carbocycles. The molecule has 0 spiro atoms. The Morgan fingerprint density at radius 1 is 1.33 bits per heavy atom. The fraction of sp³-hybridized carbons (Fsp3) is 0.364. The highest BCUT2D eigenvalue weighted by Gasteiger charge is 2.25. The van der Waals surface area contributed by atoms with Gasteiger partial charge in [-0.3, -0.25) is 0 Å². The molecule has 0 saturated heterocycles. The van der Waals surface area contributed by atoms with Gasteiger partial charge in [-0.1, -0.05) is 0 Å². The maximum absolute atomic E-state index is 13.2. The van der Waals surface area contributed by atoms with Gasteiger partial charge >= 0.3 is 12.1 Å². The van der Waals surface area contributed by atoms with E-state index in [4.69, 9.17) is 5.11 Å². The van der Waals surface area contributed by atoms with Gasteiger partial charge in [0.05, 0.1) is 5.56 Å². The predicted molar refractivity (Wildman–Crippen MR) is 57.1 cm³/mol. The number of anilines is 1. The van der Waals surface area contributed by atoms with Gasteiger partial charge in [-0.15, -0.1) is 0 Å². The molecule has 0 aromatic heterocycles. The lowest BCUT2D eigenvalue weighted by Crippen LogP contribution is -2.11. The number of aromatic carboxylic acids is 1. The monoisotopic (exact) mass is 265 g/mol. The standard InChI is InChI=1S/C11H11F4NO2/c12-9-6-7(2-3-8(9)10(17)18)16-5-1-4-11(13,14)15/h2-3,6,16H,1,4-5H2,(H,17,18). The first-order valence-electron chi connectivity index (χ1n) is 5.13. The van der Waals surface area contributed by atoms with Crippen molar-refractivity contribution in [1.82, 2.24) is 0 Å². The Hall–Kier alpha value is -1.79. The molecule has 18 heavy (non-hydrogen) atoms. The van der Waals surface area contributed by atoms with Gasteiger partial charge in [0.1, 0.15) is 5.82 Å². The van der Waals surface area contributed by atoms with Gasteiger partial charge in [0, 0.05) is 18.7 Å². The molecule has 100 valence electrons. The van der Waals surface area contributed by atoms with Crippen molar-refractivity contribution in [3.63, 3.8) is 0 Å². The largest absolute Gasteiger partial charge is 0.478 e. The van der Waals surface area contributed by atoms with Gasteiger partial charge in [-0.2, -0.15) is 13.2 Å². The zero-order chi connectivity index (χ0) is 13.8. The summed E-state index contributed by atoms with van der Waals surface area (Å²) < 4.78 is 48.7. The molecule has 2 N–H and O–H groups in total. The fourth-order valence-corrected chi connectivity index (χ4v) is 1.32. The SMILES string of the molecule is O=C(O)c1ccc(NCCCC(F)(F)F)cc1F. The van der Waals surface area contributed by atoms with Crippen LogP contribution in [0.5, 0.6) is 0 Å². The number of alkyl halides is 3. The van der Waals surface area contributed by atoms with E-state index in [1.54, 1.807) is 0 Å². The maximum Gasteiger partial charge on any atom is 0.389 e. The lowest BCUT2D eigenvalue weighted by atomic mass is 10.2. The first-order chi connectivity index (χ1) is 8.29. The summed E-state index contributed by atoms with van der Waals surface area (Å²) in [7, 11) is 0. The minimum atomic E-state index is -4.21. The van der Waals surface area contributed by atoms with Crippen molar-refractivity contribution < 1.29 is 27.5 Å². The van der Waals surface area contributed by atoms with Crippen LogP contribution in [0.1, 0.15) is 23.2 Å². The van der Waals surface area contributed by atoms with Crippen molar-refractivity contribution >= 4 is 11.7 Å². The van der Waals surface area contributed by atoms with Gasteiger partial charge in [-0.25, -0.2) is 9.18 Å². The Bertz CT molecular complexity index is 432. The number of hydrogen-bond donors (Lipinski definition) is 2. The van der Waals surface area contributed by atoms with Crippen LogP contribution < -0.4 is 5.32 Å². The topological polar surface area (TPSA) is 49.3 Å². The van der Waals surface area contributed by atoms with E-state index in [1.807, 2.05) is 0 Å². The lowest BCUT2D eigenvalue weighted by Gasteiger charge is -2.09. The number of halogens is 4. The maximum atomic E-state index is 13.2. The third-order valence-electron chi connectivity index (χ3n) is 2.17. The Morgan fingerprint density at radius 3 is 2.50 bits per heavy atom. The molecule has 0 aliphatic heterocycles. The average molecular weight is 265 g/mol. The molecule has 0 saturated carbocycles. The summed E-state index contributed by atoms with van der Waals surface area (Å²) in [5, 5.41) is 11.2. The van der Waals surface area contributed by atoms with Crippen LogP contribution in [0.25, 0.3) is 0 Å². The van der Waals surface area contributed by atoms with E-state index in [1.165, 1.54) is 6.07 Å². The first kappa shape index (κ1) is 14.3. The van der Waals surface area contributed by atoms with E-state index in [0.717, 1.165) is 12.1 Å². The summed E-state index contributed by atoms with van der Waals surface area (Å²) in [6.07, 6.45) is -5.26. The van der Waals surface area contributed by atoms with Gasteiger partial charge in [0.25, 0.3) is 0 Å². The molecule has 0 radical (unpaired) electrons.